The van der Waals surface area contributed by atoms with E-state index in [0.29, 0.717) is 11.6 Å². The zero-order valence-corrected chi connectivity index (χ0v) is 9.98. The van der Waals surface area contributed by atoms with E-state index >= 15 is 0 Å². The molecule has 0 atom stereocenters. The van der Waals surface area contributed by atoms with Gasteiger partial charge in [0.05, 0.1) is 0 Å². The van der Waals surface area contributed by atoms with Gasteiger partial charge in [0, 0.05) is 13.0 Å². The number of hydrogen-bond donors (Lipinski definition) is 0. The van der Waals surface area contributed by atoms with Gasteiger partial charge in [0.25, 0.3) is 0 Å². The van der Waals surface area contributed by atoms with Crippen LogP contribution < -0.4 is 0 Å². The molecule has 2 heteroatoms. The largest absolute Gasteiger partial charge is 0.416 e. The van der Waals surface area contributed by atoms with Crippen molar-refractivity contribution in [1.29, 1.82) is 0 Å². The van der Waals surface area contributed by atoms with Gasteiger partial charge in [-0.15, -0.1) is 6.58 Å². The van der Waals surface area contributed by atoms with E-state index in [1.807, 2.05) is 6.42 Å². The molecule has 12 heavy (non-hydrogen) atoms. The first-order valence-corrected chi connectivity index (χ1v) is 7.30. The minimum Gasteiger partial charge on any atom is -0.416 e. The van der Waals surface area contributed by atoms with E-state index in [2.05, 4.69) is 40.4 Å². The maximum Gasteiger partial charge on any atom is 0.192 e. The molecule has 0 saturated carbocycles. The summed E-state index contributed by atoms with van der Waals surface area (Å²) in [5.41, 5.74) is 0. The molecule has 0 aliphatic heterocycles. The van der Waals surface area contributed by atoms with Crippen LogP contribution in [0.3, 0.4) is 0 Å². The third-order valence-electron chi connectivity index (χ3n) is 2.51. The van der Waals surface area contributed by atoms with Gasteiger partial charge in [0.15, 0.2) is 8.32 Å². The fourth-order valence-electron chi connectivity index (χ4n) is 0.541. The second-order valence-corrected chi connectivity index (χ2v) is 9.35. The Morgan fingerprint density at radius 3 is 2.17 bits per heavy atom. The summed E-state index contributed by atoms with van der Waals surface area (Å²) < 4.78 is 5.85. The quantitative estimate of drug-likeness (QED) is 0.482. The van der Waals surface area contributed by atoms with Gasteiger partial charge in [0.1, 0.15) is 0 Å². The minimum atomic E-state index is -1.52. The smallest absolute Gasteiger partial charge is 0.192 e. The van der Waals surface area contributed by atoms with E-state index < -0.39 is 8.32 Å². The first kappa shape index (κ1) is 11.9. The minimum absolute atomic E-state index is 0.308. The summed E-state index contributed by atoms with van der Waals surface area (Å²) in [6.45, 7) is 15.6. The molecule has 0 N–H and O–H groups in total. The molecule has 71 valence electrons. The molecule has 0 aliphatic carbocycles. The highest BCUT2D eigenvalue weighted by atomic mass is 28.4. The molecule has 1 nitrogen and oxygen atoms in total. The fourth-order valence-corrected chi connectivity index (χ4v) is 1.49. The van der Waals surface area contributed by atoms with Crippen LogP contribution in [-0.4, -0.2) is 14.9 Å². The van der Waals surface area contributed by atoms with Gasteiger partial charge in [-0.1, -0.05) is 26.8 Å². The van der Waals surface area contributed by atoms with Crippen molar-refractivity contribution in [3.8, 4) is 0 Å². The summed E-state index contributed by atoms with van der Waals surface area (Å²) in [6, 6.07) is 0. The zero-order valence-electron chi connectivity index (χ0n) is 8.98. The molecular weight excluding hydrogens is 164 g/mol. The predicted molar refractivity (Wildman–Crippen MR) is 57.6 cm³/mol. The van der Waals surface area contributed by atoms with Crippen LogP contribution in [0.5, 0.6) is 0 Å². The molecule has 0 heterocycles. The van der Waals surface area contributed by atoms with Crippen molar-refractivity contribution in [3.63, 3.8) is 0 Å². The van der Waals surface area contributed by atoms with Crippen LogP contribution >= 0.6 is 0 Å². The van der Waals surface area contributed by atoms with E-state index in [9.17, 15) is 0 Å². The second kappa shape index (κ2) is 4.24. The Morgan fingerprint density at radius 1 is 1.33 bits per heavy atom. The van der Waals surface area contributed by atoms with Crippen LogP contribution in [0.15, 0.2) is 12.7 Å². The Morgan fingerprint density at radius 2 is 1.83 bits per heavy atom. The second-order valence-electron chi connectivity index (χ2n) is 4.54. The van der Waals surface area contributed by atoms with Crippen LogP contribution in [-0.2, 0) is 4.43 Å². The molecule has 0 aromatic rings. The first-order chi connectivity index (χ1) is 5.31. The Hall–Kier alpha value is -0.0831. The Kier molecular flexibility index (Phi) is 4.21. The molecule has 0 bridgehead atoms. The van der Waals surface area contributed by atoms with Crippen molar-refractivity contribution < 1.29 is 4.43 Å². The highest BCUT2D eigenvalue weighted by molar-refractivity contribution is 6.74. The van der Waals surface area contributed by atoms with E-state index in [4.69, 9.17) is 4.43 Å². The van der Waals surface area contributed by atoms with Gasteiger partial charge in [-0.05, 0) is 18.1 Å². The maximum absolute atomic E-state index is 5.85. The summed E-state index contributed by atoms with van der Waals surface area (Å²) in [4.78, 5) is 0. The van der Waals surface area contributed by atoms with Gasteiger partial charge in [-0.2, -0.15) is 0 Å². The molecule has 0 aromatic heterocycles. The summed E-state index contributed by atoms with van der Waals surface area (Å²) in [7, 11) is -1.52. The van der Waals surface area contributed by atoms with Crippen LogP contribution in [0.2, 0.25) is 18.1 Å². The van der Waals surface area contributed by atoms with Crippen molar-refractivity contribution in [1.82, 2.24) is 0 Å². The van der Waals surface area contributed by atoms with Gasteiger partial charge in [0.2, 0.25) is 0 Å². The molecule has 0 unspecified atom stereocenters. The average Bonchev–Trinajstić information content (AvgIpc) is 1.85. The van der Waals surface area contributed by atoms with Gasteiger partial charge < -0.3 is 4.43 Å². The van der Waals surface area contributed by atoms with Gasteiger partial charge in [-0.25, -0.2) is 0 Å². The van der Waals surface area contributed by atoms with E-state index in [1.165, 1.54) is 0 Å². The molecule has 0 fully saturated rings. The van der Waals surface area contributed by atoms with Crippen molar-refractivity contribution in [2.24, 2.45) is 0 Å². The van der Waals surface area contributed by atoms with Crippen LogP contribution in [0.4, 0.5) is 0 Å². The molecule has 0 aromatic carbocycles. The molecule has 0 rings (SSSR count). The van der Waals surface area contributed by atoms with Gasteiger partial charge >= 0.3 is 0 Å². The number of hydrogen-bond acceptors (Lipinski definition) is 1. The first-order valence-electron chi connectivity index (χ1n) is 4.39. The molecule has 0 spiro atoms. The van der Waals surface area contributed by atoms with E-state index in [0.717, 1.165) is 0 Å². The van der Waals surface area contributed by atoms with Crippen LogP contribution in [0.1, 0.15) is 20.8 Å². The monoisotopic (exact) mass is 185 g/mol. The zero-order chi connectivity index (χ0) is 9.83. The van der Waals surface area contributed by atoms with Crippen molar-refractivity contribution in [2.45, 2.75) is 38.9 Å². The molecule has 0 aliphatic rings. The Labute approximate surface area is 78.0 Å². The standard InChI is InChI=1S/C10H21OSi/c1-7-8-9-11-12(5,6)10(2,3)4/h7-8H,1,9H2,2-6H3. The average molecular weight is 185 g/mol. The number of rotatable bonds is 4. The topological polar surface area (TPSA) is 9.23 Å². The third kappa shape index (κ3) is 3.54. The van der Waals surface area contributed by atoms with Gasteiger partial charge in [-0.3, -0.25) is 0 Å². The van der Waals surface area contributed by atoms with Crippen molar-refractivity contribution in [3.05, 3.63) is 19.1 Å². The summed E-state index contributed by atoms with van der Waals surface area (Å²) in [5.74, 6) is 0. The fraction of sp³-hybridized carbons (Fsp3) is 0.700. The summed E-state index contributed by atoms with van der Waals surface area (Å²) in [5, 5.41) is 0.308. The molecule has 1 radical (unpaired) electrons. The Balaban J connectivity index is 3.95. The van der Waals surface area contributed by atoms with E-state index in [1.54, 1.807) is 6.08 Å². The van der Waals surface area contributed by atoms with Crippen LogP contribution in [0.25, 0.3) is 0 Å². The van der Waals surface area contributed by atoms with Crippen molar-refractivity contribution in [2.75, 3.05) is 6.61 Å². The highest BCUT2D eigenvalue weighted by Crippen LogP contribution is 2.36. The summed E-state index contributed by atoms with van der Waals surface area (Å²) in [6.07, 6.45) is 3.74. The van der Waals surface area contributed by atoms with Crippen LogP contribution in [0, 0.1) is 6.42 Å². The molecule has 0 saturated heterocycles. The lowest BCUT2D eigenvalue weighted by Gasteiger charge is -2.36. The Bertz CT molecular complexity index is 144. The lowest BCUT2D eigenvalue weighted by Crippen LogP contribution is -2.40. The normalized spacial score (nSPS) is 13.1. The predicted octanol–water partition coefficient (Wildman–Crippen LogP) is 3.40. The summed E-state index contributed by atoms with van der Waals surface area (Å²) >= 11 is 0. The maximum atomic E-state index is 5.85. The SMILES string of the molecule is C=C[CH]CO[Si](C)(C)C(C)(C)C. The molecule has 0 amide bonds. The molecular formula is C10H21OSi. The highest BCUT2D eigenvalue weighted by Gasteiger charge is 2.36. The van der Waals surface area contributed by atoms with Crippen molar-refractivity contribution >= 4 is 8.32 Å². The van der Waals surface area contributed by atoms with E-state index in [-0.39, 0.29) is 0 Å². The lowest BCUT2D eigenvalue weighted by molar-refractivity contribution is 0.319. The lowest BCUT2D eigenvalue weighted by atomic mass is 10.2. The third-order valence-corrected chi connectivity index (χ3v) is 7.01.